The van der Waals surface area contributed by atoms with Crippen LogP contribution < -0.4 is 5.32 Å². The van der Waals surface area contributed by atoms with Gasteiger partial charge in [-0.3, -0.25) is 0 Å². The zero-order valence-electron chi connectivity index (χ0n) is 17.5. The van der Waals surface area contributed by atoms with Crippen LogP contribution in [-0.2, 0) is 11.2 Å². The summed E-state index contributed by atoms with van der Waals surface area (Å²) in [6.07, 6.45) is 3.04. The normalized spacial score (nSPS) is 15.3. The molecule has 0 fully saturated rings. The number of thiazole rings is 1. The van der Waals surface area contributed by atoms with Crippen LogP contribution in [0.25, 0.3) is 21.0 Å². The minimum Gasteiger partial charge on any atom is -0.444 e. The van der Waals surface area contributed by atoms with Gasteiger partial charge in [-0.2, -0.15) is 5.26 Å². The average molecular weight is 436 g/mol. The highest BCUT2D eigenvalue weighted by molar-refractivity contribution is 7.18. The predicted molar refractivity (Wildman–Crippen MR) is 118 cm³/mol. The molecule has 1 aromatic heterocycles. The molecule has 0 saturated carbocycles. The Bertz CT molecular complexity index is 1190. The molecule has 0 bridgehead atoms. The first-order valence-electron chi connectivity index (χ1n) is 10.0. The van der Waals surface area contributed by atoms with Crippen LogP contribution in [0, 0.1) is 17.1 Å². The van der Waals surface area contributed by atoms with Crippen LogP contribution >= 0.6 is 11.3 Å². The number of nitrogens with zero attached hydrogens (tertiary/aromatic N) is 2. The number of ether oxygens (including phenoxy) is 1. The molecule has 0 unspecified atom stereocenters. The van der Waals surface area contributed by atoms with Gasteiger partial charge in [-0.15, -0.1) is 11.3 Å². The van der Waals surface area contributed by atoms with Crippen molar-refractivity contribution in [2.24, 2.45) is 0 Å². The molecule has 158 valence electrons. The van der Waals surface area contributed by atoms with Gasteiger partial charge in [-0.1, -0.05) is 18.2 Å². The summed E-state index contributed by atoms with van der Waals surface area (Å²) in [4.78, 5) is 17.7. The Kier molecular flexibility index (Phi) is 5.50. The van der Waals surface area contributed by atoms with E-state index in [2.05, 4.69) is 16.4 Å². The highest BCUT2D eigenvalue weighted by atomic mass is 32.1. The number of carbonyl (C=O) groups is 1. The molecular formula is C24H22FN3O2S. The Morgan fingerprint density at radius 1 is 1.32 bits per heavy atom. The molecule has 1 aliphatic carbocycles. The van der Waals surface area contributed by atoms with Crippen molar-refractivity contribution in [3.8, 4) is 27.1 Å². The van der Waals surface area contributed by atoms with E-state index in [0.717, 1.165) is 33.9 Å². The van der Waals surface area contributed by atoms with Gasteiger partial charge < -0.3 is 10.1 Å². The van der Waals surface area contributed by atoms with Gasteiger partial charge in [-0.05, 0) is 68.5 Å². The van der Waals surface area contributed by atoms with E-state index in [1.807, 2.05) is 39.0 Å². The Labute approximate surface area is 184 Å². The fourth-order valence-electron chi connectivity index (χ4n) is 3.76. The van der Waals surface area contributed by atoms with Crippen molar-refractivity contribution in [2.75, 3.05) is 0 Å². The fourth-order valence-corrected chi connectivity index (χ4v) is 4.73. The van der Waals surface area contributed by atoms with Crippen molar-refractivity contribution in [1.29, 1.82) is 5.26 Å². The van der Waals surface area contributed by atoms with Crippen molar-refractivity contribution in [2.45, 2.75) is 45.3 Å². The Hall–Kier alpha value is -3.24. The number of hydrogen-bond acceptors (Lipinski definition) is 5. The van der Waals surface area contributed by atoms with Gasteiger partial charge in [0.1, 0.15) is 22.5 Å². The Morgan fingerprint density at radius 3 is 2.87 bits per heavy atom. The zero-order valence-corrected chi connectivity index (χ0v) is 18.3. The standard InChI is InChI=1S/C24H22FN3O2S/c1-24(2,3)30-23(29)28-20-10-8-16-17(20)5-4-6-18(16)21-13-27-22(31-21)14-7-9-19(25)15(11-14)12-26/h4-7,9,11,13,20H,8,10H2,1-3H3,(H,28,29)/t20-/m0/s1. The summed E-state index contributed by atoms with van der Waals surface area (Å²) in [5.74, 6) is -0.535. The average Bonchev–Trinajstić information content (AvgIpc) is 3.35. The first kappa shape index (κ1) is 21.0. The van der Waals surface area contributed by atoms with Gasteiger partial charge in [0.25, 0.3) is 0 Å². The molecule has 1 aliphatic rings. The Balaban J connectivity index is 1.60. The lowest BCUT2D eigenvalue weighted by Crippen LogP contribution is -2.34. The molecule has 1 N–H and O–H groups in total. The second-order valence-electron chi connectivity index (χ2n) is 8.45. The highest BCUT2D eigenvalue weighted by Crippen LogP contribution is 2.41. The van der Waals surface area contributed by atoms with Crippen LogP contribution in [-0.4, -0.2) is 16.7 Å². The van der Waals surface area contributed by atoms with Gasteiger partial charge in [0.15, 0.2) is 0 Å². The molecule has 1 amide bonds. The van der Waals surface area contributed by atoms with Gasteiger partial charge in [-0.25, -0.2) is 14.2 Å². The molecule has 7 heteroatoms. The number of carbonyl (C=O) groups excluding carboxylic acids is 1. The summed E-state index contributed by atoms with van der Waals surface area (Å²) in [5.41, 5.74) is 3.54. The molecule has 0 radical (unpaired) electrons. The van der Waals surface area contributed by atoms with E-state index < -0.39 is 17.5 Å². The zero-order chi connectivity index (χ0) is 22.2. The van der Waals surface area contributed by atoms with E-state index in [0.29, 0.717) is 5.56 Å². The van der Waals surface area contributed by atoms with Crippen LogP contribution in [0.5, 0.6) is 0 Å². The highest BCUT2D eigenvalue weighted by Gasteiger charge is 2.28. The fraction of sp³-hybridized carbons (Fsp3) is 0.292. The van der Waals surface area contributed by atoms with Gasteiger partial charge in [0.2, 0.25) is 0 Å². The van der Waals surface area contributed by atoms with Crippen molar-refractivity contribution < 1.29 is 13.9 Å². The van der Waals surface area contributed by atoms with E-state index in [-0.39, 0.29) is 11.6 Å². The van der Waals surface area contributed by atoms with Crippen molar-refractivity contribution in [1.82, 2.24) is 10.3 Å². The third-order valence-electron chi connectivity index (χ3n) is 5.07. The van der Waals surface area contributed by atoms with E-state index in [4.69, 9.17) is 10.00 Å². The van der Waals surface area contributed by atoms with Crippen LogP contribution in [0.4, 0.5) is 9.18 Å². The molecule has 0 spiro atoms. The number of rotatable bonds is 3. The lowest BCUT2D eigenvalue weighted by atomic mass is 10.0. The summed E-state index contributed by atoms with van der Waals surface area (Å²) >= 11 is 1.50. The summed E-state index contributed by atoms with van der Waals surface area (Å²) in [6, 6.07) is 12.3. The number of benzene rings is 2. The van der Waals surface area contributed by atoms with E-state index in [1.54, 1.807) is 12.3 Å². The molecule has 1 atom stereocenters. The predicted octanol–water partition coefficient (Wildman–Crippen LogP) is 6.00. The number of alkyl carbamates (subject to hydrolysis) is 1. The summed E-state index contributed by atoms with van der Waals surface area (Å²) in [7, 11) is 0. The minimum atomic E-state index is -0.543. The number of halogens is 1. The molecule has 0 saturated heterocycles. The molecule has 2 aromatic carbocycles. The third kappa shape index (κ3) is 4.44. The summed E-state index contributed by atoms with van der Waals surface area (Å²) in [6.45, 7) is 5.53. The molecule has 31 heavy (non-hydrogen) atoms. The molecule has 4 rings (SSSR count). The molecule has 3 aromatic rings. The maximum absolute atomic E-state index is 13.6. The quantitative estimate of drug-likeness (QED) is 0.547. The SMILES string of the molecule is CC(C)(C)OC(=O)N[C@H]1CCc2c(-c3cnc(-c4ccc(F)c(C#N)c4)s3)cccc21. The second-order valence-corrected chi connectivity index (χ2v) is 9.48. The maximum atomic E-state index is 13.6. The first-order valence-corrected chi connectivity index (χ1v) is 10.8. The lowest BCUT2D eigenvalue weighted by molar-refractivity contribution is 0.0503. The van der Waals surface area contributed by atoms with Crippen molar-refractivity contribution in [3.05, 3.63) is 65.1 Å². The largest absolute Gasteiger partial charge is 0.444 e. The molecular weight excluding hydrogens is 413 g/mol. The van der Waals surface area contributed by atoms with Crippen LogP contribution in [0.15, 0.2) is 42.6 Å². The number of hydrogen-bond donors (Lipinski definition) is 1. The monoisotopic (exact) mass is 435 g/mol. The smallest absolute Gasteiger partial charge is 0.408 e. The van der Waals surface area contributed by atoms with Crippen molar-refractivity contribution in [3.63, 3.8) is 0 Å². The molecule has 5 nitrogen and oxygen atoms in total. The van der Waals surface area contributed by atoms with E-state index in [1.165, 1.54) is 29.0 Å². The van der Waals surface area contributed by atoms with Gasteiger partial charge in [0.05, 0.1) is 16.5 Å². The van der Waals surface area contributed by atoms with Gasteiger partial charge in [0, 0.05) is 11.8 Å². The second kappa shape index (κ2) is 8.12. The number of amides is 1. The first-order chi connectivity index (χ1) is 14.7. The number of nitrogens with one attached hydrogen (secondary N) is 1. The van der Waals surface area contributed by atoms with Crippen LogP contribution in [0.2, 0.25) is 0 Å². The van der Waals surface area contributed by atoms with E-state index in [9.17, 15) is 9.18 Å². The molecule has 0 aliphatic heterocycles. The van der Waals surface area contributed by atoms with E-state index >= 15 is 0 Å². The summed E-state index contributed by atoms with van der Waals surface area (Å²) < 4.78 is 19.0. The van der Waals surface area contributed by atoms with Crippen molar-refractivity contribution >= 4 is 17.4 Å². The van der Waals surface area contributed by atoms with Gasteiger partial charge >= 0.3 is 6.09 Å². The Morgan fingerprint density at radius 2 is 2.13 bits per heavy atom. The third-order valence-corrected chi connectivity index (χ3v) is 6.15. The summed E-state index contributed by atoms with van der Waals surface area (Å²) in [5, 5.41) is 12.8. The number of nitriles is 1. The topological polar surface area (TPSA) is 75.0 Å². The van der Waals surface area contributed by atoms with Crippen LogP contribution in [0.3, 0.4) is 0 Å². The lowest BCUT2D eigenvalue weighted by Gasteiger charge is -2.22. The number of fused-ring (bicyclic) bond motifs is 1. The maximum Gasteiger partial charge on any atom is 0.408 e. The molecule has 1 heterocycles. The number of aromatic nitrogens is 1. The van der Waals surface area contributed by atoms with Crippen LogP contribution in [0.1, 0.15) is 49.9 Å². The minimum absolute atomic E-state index is 0.00547.